The maximum atomic E-state index is 12.3. The van der Waals surface area contributed by atoms with Crippen LogP contribution in [-0.2, 0) is 38.5 Å². The van der Waals surface area contributed by atoms with Crippen molar-refractivity contribution in [3.05, 3.63) is 0 Å². The normalized spacial score (nSPS) is 14.9. The highest BCUT2D eigenvalue weighted by molar-refractivity contribution is 7.94. The number of carbonyl (C=O) groups excluding carboxylic acids is 2. The average molecular weight is 396 g/mol. The number of carbonyl (C=O) groups is 2. The first-order chi connectivity index (χ1) is 9.99. The second-order valence-corrected chi connectivity index (χ2v) is 6.99. The van der Waals surface area contributed by atoms with Crippen LogP contribution in [0.3, 0.4) is 0 Å². The van der Waals surface area contributed by atoms with Crippen LogP contribution in [0.4, 0.5) is 26.3 Å². The van der Waals surface area contributed by atoms with E-state index in [-0.39, 0.29) is 0 Å². The average Bonchev–Trinajstić information content (AvgIpc) is 2.24. The molecule has 0 bridgehead atoms. The quantitative estimate of drug-likeness (QED) is 0.213. The van der Waals surface area contributed by atoms with Gasteiger partial charge < -0.3 is 8.92 Å². The highest BCUT2D eigenvalue weighted by atomic mass is 32.2. The Morgan fingerprint density at radius 1 is 0.913 bits per heavy atom. The van der Waals surface area contributed by atoms with Gasteiger partial charge in [0, 0.05) is 0 Å². The van der Waals surface area contributed by atoms with E-state index in [2.05, 4.69) is 8.92 Å². The largest absolute Gasteiger partial charge is 0.534 e. The zero-order chi connectivity index (χ0) is 18.9. The minimum Gasteiger partial charge on any atom is -0.465 e. The number of ether oxygens (including phenoxy) is 1. The topological polar surface area (TPSA) is 121 Å². The number of esters is 1. The van der Waals surface area contributed by atoms with E-state index >= 15 is 0 Å². The summed E-state index contributed by atoms with van der Waals surface area (Å²) in [6, 6.07) is 0. The second-order valence-electron chi connectivity index (χ2n) is 3.43. The van der Waals surface area contributed by atoms with E-state index in [0.29, 0.717) is 0 Å². The van der Waals surface area contributed by atoms with Gasteiger partial charge in [0.05, 0.1) is 6.61 Å². The lowest BCUT2D eigenvalue weighted by molar-refractivity contribution is -0.150. The van der Waals surface area contributed by atoms with Crippen molar-refractivity contribution in [2.45, 2.75) is 23.2 Å². The summed E-state index contributed by atoms with van der Waals surface area (Å²) in [6.45, 7) is 0.203. The predicted molar refractivity (Wildman–Crippen MR) is 56.5 cm³/mol. The first kappa shape index (κ1) is 21.4. The molecule has 0 amide bonds. The summed E-state index contributed by atoms with van der Waals surface area (Å²) in [4.78, 5) is 22.3. The summed E-state index contributed by atoms with van der Waals surface area (Å²) < 4.78 is 123. The van der Waals surface area contributed by atoms with Gasteiger partial charge in [-0.1, -0.05) is 0 Å². The van der Waals surface area contributed by atoms with E-state index in [9.17, 15) is 52.8 Å². The summed E-state index contributed by atoms with van der Waals surface area (Å²) in [7, 11) is -13.5. The third-order valence-corrected chi connectivity index (χ3v) is 4.42. The maximum Gasteiger partial charge on any atom is 0.534 e. The molecule has 0 aromatic rings. The van der Waals surface area contributed by atoms with Crippen molar-refractivity contribution in [1.82, 2.24) is 0 Å². The van der Waals surface area contributed by atoms with Crippen molar-refractivity contribution in [3.63, 3.8) is 0 Å². The van der Waals surface area contributed by atoms with Gasteiger partial charge in [-0.15, -0.1) is 0 Å². The summed E-state index contributed by atoms with van der Waals surface area (Å²) in [5.41, 5.74) is -12.5. The smallest absolute Gasteiger partial charge is 0.465 e. The Morgan fingerprint density at radius 2 is 1.35 bits per heavy atom. The molecule has 1 unspecified atom stereocenters. The van der Waals surface area contributed by atoms with Crippen LogP contribution < -0.4 is 0 Å². The van der Waals surface area contributed by atoms with Crippen LogP contribution in [-0.4, -0.2) is 51.6 Å². The first-order valence-electron chi connectivity index (χ1n) is 5.00. The number of alkyl halides is 6. The second kappa shape index (κ2) is 6.50. The Labute approximate surface area is 124 Å². The molecule has 8 nitrogen and oxygen atoms in total. The summed E-state index contributed by atoms with van der Waals surface area (Å²) >= 11 is 0. The summed E-state index contributed by atoms with van der Waals surface area (Å²) in [6.07, 6.45) is 0. The van der Waals surface area contributed by atoms with Crippen LogP contribution in [0.5, 0.6) is 0 Å². The lowest BCUT2D eigenvalue weighted by atomic mass is 10.4. The Balaban J connectivity index is 5.94. The molecule has 0 N–H and O–H groups in total. The van der Waals surface area contributed by atoms with Gasteiger partial charge in [0.2, 0.25) is 0 Å². The minimum atomic E-state index is -6.79. The van der Waals surface area contributed by atoms with Gasteiger partial charge in [0.25, 0.3) is 15.1 Å². The highest BCUT2D eigenvalue weighted by Gasteiger charge is 2.60. The number of hydrogen-bond donors (Lipinski definition) is 0. The molecular weight excluding hydrogens is 390 g/mol. The van der Waals surface area contributed by atoms with Crippen molar-refractivity contribution < 1.29 is 61.7 Å². The Bertz CT molecular complexity index is 673. The molecule has 0 saturated heterocycles. The van der Waals surface area contributed by atoms with E-state index in [0.717, 1.165) is 6.92 Å². The predicted octanol–water partition coefficient (Wildman–Crippen LogP) is 0.246. The molecule has 0 aliphatic rings. The molecule has 0 aromatic heterocycles. The Morgan fingerprint density at radius 3 is 1.65 bits per heavy atom. The Hall–Kier alpha value is -1.58. The Kier molecular flexibility index (Phi) is 6.05. The lowest BCUT2D eigenvalue weighted by Gasteiger charge is -2.17. The van der Waals surface area contributed by atoms with Gasteiger partial charge in [-0.2, -0.15) is 34.8 Å². The van der Waals surface area contributed by atoms with Crippen LogP contribution >= 0.6 is 0 Å². The van der Waals surface area contributed by atoms with Crippen LogP contribution in [0.25, 0.3) is 0 Å². The van der Waals surface area contributed by atoms with Gasteiger partial charge in [-0.25, -0.2) is 13.2 Å². The number of hydrogen-bond acceptors (Lipinski definition) is 8. The van der Waals surface area contributed by atoms with E-state index in [1.54, 1.807) is 0 Å². The first-order valence-corrected chi connectivity index (χ1v) is 7.96. The van der Waals surface area contributed by atoms with Crippen LogP contribution in [0.15, 0.2) is 0 Å². The van der Waals surface area contributed by atoms with Gasteiger partial charge in [-0.05, 0) is 6.92 Å². The molecule has 23 heavy (non-hydrogen) atoms. The molecule has 0 rings (SSSR count). The molecule has 0 aliphatic carbocycles. The highest BCUT2D eigenvalue weighted by Crippen LogP contribution is 2.30. The zero-order valence-electron chi connectivity index (χ0n) is 10.6. The SMILES string of the molecule is CCOC(=O)C(C(=O)OS(=O)(=O)C(F)(F)F)S(=O)(=O)C(F)(F)F. The maximum absolute atomic E-state index is 12.3. The van der Waals surface area contributed by atoms with Crippen LogP contribution in [0, 0.1) is 0 Å². The zero-order valence-corrected chi connectivity index (χ0v) is 12.3. The number of sulfone groups is 1. The number of halogens is 6. The fraction of sp³-hybridized carbons (Fsp3) is 0.714. The van der Waals surface area contributed by atoms with Gasteiger partial charge in [0.1, 0.15) is 0 Å². The van der Waals surface area contributed by atoms with E-state index in [1.807, 2.05) is 0 Å². The van der Waals surface area contributed by atoms with Crippen molar-refractivity contribution in [2.75, 3.05) is 6.61 Å². The standard InChI is InChI=1S/C7H6F6O8S2/c1-2-20-4(14)3(22(16,17)6(8,9)10)5(15)21-23(18,19)7(11,12)13/h3H,2H2,1H3. The summed E-state index contributed by atoms with van der Waals surface area (Å²) in [5, 5.41) is -3.99. The molecule has 16 heteroatoms. The van der Waals surface area contributed by atoms with Crippen LogP contribution in [0.1, 0.15) is 6.92 Å². The minimum absolute atomic E-state index is 0.762. The molecule has 1 atom stereocenters. The molecule has 0 radical (unpaired) electrons. The van der Waals surface area contributed by atoms with E-state index < -0.39 is 54.8 Å². The van der Waals surface area contributed by atoms with Gasteiger partial charge in [-0.3, -0.25) is 4.79 Å². The lowest BCUT2D eigenvalue weighted by Crippen LogP contribution is -2.47. The number of rotatable bonds is 5. The molecule has 0 spiro atoms. The van der Waals surface area contributed by atoms with E-state index in [1.165, 1.54) is 0 Å². The molecule has 136 valence electrons. The fourth-order valence-corrected chi connectivity index (χ4v) is 2.26. The fourth-order valence-electron chi connectivity index (χ4n) is 0.900. The van der Waals surface area contributed by atoms with Crippen LogP contribution in [0.2, 0.25) is 0 Å². The molecular formula is C7H6F6O8S2. The van der Waals surface area contributed by atoms with Gasteiger partial charge in [0.15, 0.2) is 0 Å². The van der Waals surface area contributed by atoms with Crippen molar-refractivity contribution in [3.8, 4) is 0 Å². The van der Waals surface area contributed by atoms with Crippen molar-refractivity contribution >= 4 is 31.9 Å². The molecule has 0 aromatic carbocycles. The van der Waals surface area contributed by atoms with E-state index in [4.69, 9.17) is 0 Å². The molecule has 0 saturated carbocycles. The van der Waals surface area contributed by atoms with Crippen molar-refractivity contribution in [1.29, 1.82) is 0 Å². The van der Waals surface area contributed by atoms with Crippen molar-refractivity contribution in [2.24, 2.45) is 0 Å². The third kappa shape index (κ3) is 4.69. The third-order valence-electron chi connectivity index (χ3n) is 1.82. The molecule has 0 aliphatic heterocycles. The monoisotopic (exact) mass is 396 g/mol. The molecule has 0 heterocycles. The van der Waals surface area contributed by atoms with Gasteiger partial charge >= 0.3 is 33.1 Å². The summed E-state index contributed by atoms with van der Waals surface area (Å²) in [5.74, 6) is -5.58. The molecule has 0 fully saturated rings.